The maximum atomic E-state index is 3.77. The summed E-state index contributed by atoms with van der Waals surface area (Å²) in [5.41, 5.74) is 2.69. The maximum absolute atomic E-state index is 3.77. The molecule has 2 aliphatic rings. The maximum Gasteiger partial charge on any atom is 0.0429 e. The molecular formula is C15H22N2. The van der Waals surface area contributed by atoms with Gasteiger partial charge in [0.2, 0.25) is 0 Å². The third-order valence-electron chi connectivity index (χ3n) is 4.34. The van der Waals surface area contributed by atoms with Gasteiger partial charge in [0.25, 0.3) is 0 Å². The Bertz CT molecular complexity index is 388. The van der Waals surface area contributed by atoms with Crippen LogP contribution < -0.4 is 5.32 Å². The normalized spacial score (nSPS) is 29.0. The van der Waals surface area contributed by atoms with Gasteiger partial charge >= 0.3 is 0 Å². The van der Waals surface area contributed by atoms with E-state index in [-0.39, 0.29) is 0 Å². The van der Waals surface area contributed by atoms with Crippen LogP contribution in [0.3, 0.4) is 0 Å². The Morgan fingerprint density at radius 1 is 1.12 bits per heavy atom. The molecule has 2 aliphatic heterocycles. The first kappa shape index (κ1) is 11.1. The number of fused-ring (bicyclic) bond motifs is 1. The molecule has 0 radical (unpaired) electrons. The molecule has 1 aromatic rings. The van der Waals surface area contributed by atoms with Gasteiger partial charge in [-0.05, 0) is 44.4 Å². The van der Waals surface area contributed by atoms with Crippen LogP contribution >= 0.6 is 0 Å². The Hall–Kier alpha value is -1.02. The minimum Gasteiger partial charge on any atom is -0.380 e. The molecule has 0 amide bonds. The van der Waals surface area contributed by atoms with Gasteiger partial charge < -0.3 is 5.32 Å². The summed E-state index contributed by atoms with van der Waals surface area (Å²) < 4.78 is 0. The van der Waals surface area contributed by atoms with E-state index in [0.717, 1.165) is 6.04 Å². The molecule has 0 bridgehead atoms. The van der Waals surface area contributed by atoms with Crippen LogP contribution in [0.5, 0.6) is 0 Å². The Morgan fingerprint density at radius 2 is 2.00 bits per heavy atom. The number of aryl methyl sites for hydroxylation is 1. The topological polar surface area (TPSA) is 15.3 Å². The molecule has 17 heavy (non-hydrogen) atoms. The molecule has 2 atom stereocenters. The Labute approximate surface area is 104 Å². The minimum atomic E-state index is 0.663. The zero-order valence-electron chi connectivity index (χ0n) is 10.7. The van der Waals surface area contributed by atoms with E-state index in [9.17, 15) is 0 Å². The van der Waals surface area contributed by atoms with Gasteiger partial charge in [-0.15, -0.1) is 0 Å². The SMILES string of the molecule is Cc1ccccc1NC1CCN2CCCCC12. The standard InChI is InChI=1S/C15H22N2/c1-12-6-2-3-7-13(12)16-14-9-11-17-10-5-4-8-15(14)17/h2-3,6-7,14-16H,4-5,8-11H2,1H3. The highest BCUT2D eigenvalue weighted by atomic mass is 15.2. The number of para-hydroxylation sites is 1. The van der Waals surface area contributed by atoms with Crippen LogP contribution in [0.2, 0.25) is 0 Å². The third kappa shape index (κ3) is 2.19. The number of nitrogens with one attached hydrogen (secondary N) is 1. The fourth-order valence-electron chi connectivity index (χ4n) is 3.35. The average molecular weight is 230 g/mol. The van der Waals surface area contributed by atoms with Gasteiger partial charge in [-0.2, -0.15) is 0 Å². The van der Waals surface area contributed by atoms with E-state index in [0.29, 0.717) is 6.04 Å². The summed E-state index contributed by atoms with van der Waals surface area (Å²) in [7, 11) is 0. The number of rotatable bonds is 2. The van der Waals surface area contributed by atoms with Crippen molar-refractivity contribution in [3.05, 3.63) is 29.8 Å². The van der Waals surface area contributed by atoms with Crippen molar-refractivity contribution in [2.24, 2.45) is 0 Å². The zero-order valence-corrected chi connectivity index (χ0v) is 10.7. The summed E-state index contributed by atoms with van der Waals surface area (Å²) in [4.78, 5) is 2.68. The number of nitrogens with zero attached hydrogens (tertiary/aromatic N) is 1. The molecule has 2 heteroatoms. The summed E-state index contributed by atoms with van der Waals surface area (Å²) in [6, 6.07) is 10.1. The lowest BCUT2D eigenvalue weighted by atomic mass is 9.98. The molecule has 2 saturated heterocycles. The van der Waals surface area contributed by atoms with E-state index in [1.807, 2.05) is 0 Å². The first-order valence-electron chi connectivity index (χ1n) is 6.91. The molecule has 1 aromatic carbocycles. The Kier molecular flexibility index (Phi) is 3.06. The number of benzene rings is 1. The predicted molar refractivity (Wildman–Crippen MR) is 72.4 cm³/mol. The molecule has 2 fully saturated rings. The summed E-state index contributed by atoms with van der Waals surface area (Å²) in [5, 5.41) is 3.77. The lowest BCUT2D eigenvalue weighted by Gasteiger charge is -2.33. The Balaban J connectivity index is 1.71. The smallest absolute Gasteiger partial charge is 0.0429 e. The van der Waals surface area contributed by atoms with Gasteiger partial charge in [0, 0.05) is 24.3 Å². The highest BCUT2D eigenvalue weighted by molar-refractivity contribution is 5.51. The summed E-state index contributed by atoms with van der Waals surface area (Å²) in [6.45, 7) is 4.79. The highest BCUT2D eigenvalue weighted by Crippen LogP contribution is 2.29. The first-order valence-corrected chi connectivity index (χ1v) is 6.91. The van der Waals surface area contributed by atoms with Gasteiger partial charge in [-0.3, -0.25) is 4.90 Å². The van der Waals surface area contributed by atoms with E-state index >= 15 is 0 Å². The molecule has 2 heterocycles. The molecule has 2 nitrogen and oxygen atoms in total. The molecule has 0 spiro atoms. The van der Waals surface area contributed by atoms with Crippen molar-refractivity contribution < 1.29 is 0 Å². The minimum absolute atomic E-state index is 0.663. The van der Waals surface area contributed by atoms with Crippen molar-refractivity contribution in [1.29, 1.82) is 0 Å². The van der Waals surface area contributed by atoms with Crippen LogP contribution in [0.4, 0.5) is 5.69 Å². The lowest BCUT2D eigenvalue weighted by Crippen LogP contribution is -2.41. The van der Waals surface area contributed by atoms with Gasteiger partial charge in [0.05, 0.1) is 0 Å². The van der Waals surface area contributed by atoms with E-state index in [1.54, 1.807) is 0 Å². The monoisotopic (exact) mass is 230 g/mol. The van der Waals surface area contributed by atoms with Crippen LogP contribution in [0.15, 0.2) is 24.3 Å². The number of hydrogen-bond acceptors (Lipinski definition) is 2. The summed E-state index contributed by atoms with van der Waals surface area (Å²) >= 11 is 0. The Morgan fingerprint density at radius 3 is 2.88 bits per heavy atom. The second-order valence-corrected chi connectivity index (χ2v) is 5.45. The lowest BCUT2D eigenvalue weighted by molar-refractivity contribution is 0.193. The fraction of sp³-hybridized carbons (Fsp3) is 0.600. The van der Waals surface area contributed by atoms with E-state index in [2.05, 4.69) is 41.4 Å². The van der Waals surface area contributed by atoms with Crippen LogP contribution in [0.25, 0.3) is 0 Å². The van der Waals surface area contributed by atoms with E-state index < -0.39 is 0 Å². The van der Waals surface area contributed by atoms with Crippen LogP contribution in [0.1, 0.15) is 31.2 Å². The molecular weight excluding hydrogens is 208 g/mol. The van der Waals surface area contributed by atoms with Gasteiger partial charge in [-0.1, -0.05) is 24.6 Å². The van der Waals surface area contributed by atoms with Crippen LogP contribution in [-0.4, -0.2) is 30.1 Å². The third-order valence-corrected chi connectivity index (χ3v) is 4.34. The first-order chi connectivity index (χ1) is 8.34. The van der Waals surface area contributed by atoms with E-state index in [1.165, 1.54) is 50.0 Å². The number of anilines is 1. The second-order valence-electron chi connectivity index (χ2n) is 5.45. The molecule has 92 valence electrons. The largest absolute Gasteiger partial charge is 0.380 e. The molecule has 3 rings (SSSR count). The van der Waals surface area contributed by atoms with Crippen molar-refractivity contribution in [3.63, 3.8) is 0 Å². The summed E-state index contributed by atoms with van der Waals surface area (Å²) in [6.07, 6.45) is 5.49. The molecule has 1 N–H and O–H groups in total. The van der Waals surface area contributed by atoms with Crippen molar-refractivity contribution >= 4 is 5.69 Å². The van der Waals surface area contributed by atoms with Crippen molar-refractivity contribution in [2.45, 2.75) is 44.7 Å². The van der Waals surface area contributed by atoms with Crippen molar-refractivity contribution in [2.75, 3.05) is 18.4 Å². The quantitative estimate of drug-likeness (QED) is 0.840. The van der Waals surface area contributed by atoms with Crippen molar-refractivity contribution in [1.82, 2.24) is 4.90 Å². The zero-order chi connectivity index (χ0) is 11.7. The molecule has 2 unspecified atom stereocenters. The fourth-order valence-corrected chi connectivity index (χ4v) is 3.35. The molecule has 0 aromatic heterocycles. The van der Waals surface area contributed by atoms with Gasteiger partial charge in [0.15, 0.2) is 0 Å². The highest BCUT2D eigenvalue weighted by Gasteiger charge is 2.35. The molecule has 0 saturated carbocycles. The average Bonchev–Trinajstić information content (AvgIpc) is 2.76. The number of piperidine rings is 1. The molecule has 0 aliphatic carbocycles. The van der Waals surface area contributed by atoms with Crippen molar-refractivity contribution in [3.8, 4) is 0 Å². The predicted octanol–water partition coefficient (Wildman–Crippen LogP) is 3.03. The second kappa shape index (κ2) is 4.69. The number of hydrogen-bond donors (Lipinski definition) is 1. The van der Waals surface area contributed by atoms with Gasteiger partial charge in [-0.25, -0.2) is 0 Å². The van der Waals surface area contributed by atoms with Crippen LogP contribution in [0, 0.1) is 6.92 Å². The van der Waals surface area contributed by atoms with Crippen LogP contribution in [-0.2, 0) is 0 Å². The summed E-state index contributed by atoms with van der Waals surface area (Å²) in [5.74, 6) is 0. The van der Waals surface area contributed by atoms with E-state index in [4.69, 9.17) is 0 Å². The van der Waals surface area contributed by atoms with Gasteiger partial charge in [0.1, 0.15) is 0 Å².